The lowest BCUT2D eigenvalue weighted by molar-refractivity contribution is -0.120. The number of rotatable bonds is 4. The Hall–Kier alpha value is -2.43. The maximum atomic E-state index is 12.4. The maximum absolute atomic E-state index is 12.4. The summed E-state index contributed by atoms with van der Waals surface area (Å²) in [4.78, 5) is 16.6. The van der Waals surface area contributed by atoms with Gasteiger partial charge >= 0.3 is 0 Å². The highest BCUT2D eigenvalue weighted by molar-refractivity contribution is 5.92. The van der Waals surface area contributed by atoms with Crippen LogP contribution in [0.1, 0.15) is 18.5 Å². The monoisotopic (exact) mass is 294 g/mol. The molecule has 2 heterocycles. The number of nitrogens with one attached hydrogen (secondary N) is 1. The lowest BCUT2D eigenvalue weighted by Crippen LogP contribution is -2.26. The number of pyridine rings is 1. The average molecular weight is 294 g/mol. The van der Waals surface area contributed by atoms with Crippen LogP contribution in [0, 0.1) is 17.8 Å². The first kappa shape index (κ1) is 13.2. The van der Waals surface area contributed by atoms with Crippen LogP contribution in [-0.2, 0) is 11.3 Å². The van der Waals surface area contributed by atoms with Crippen molar-refractivity contribution < 1.29 is 4.79 Å². The Labute approximate surface area is 129 Å². The molecule has 5 nitrogen and oxygen atoms in total. The third kappa shape index (κ3) is 2.54. The van der Waals surface area contributed by atoms with E-state index in [1.54, 1.807) is 10.9 Å². The summed E-state index contributed by atoms with van der Waals surface area (Å²) >= 11 is 0. The van der Waals surface area contributed by atoms with Crippen LogP contribution in [0.3, 0.4) is 0 Å². The Bertz CT molecular complexity index is 706. The molecule has 4 rings (SSSR count). The second kappa shape index (κ2) is 5.40. The fourth-order valence-electron chi connectivity index (χ4n) is 3.48. The van der Waals surface area contributed by atoms with Gasteiger partial charge in [0.1, 0.15) is 0 Å². The van der Waals surface area contributed by atoms with Crippen molar-refractivity contribution in [3.63, 3.8) is 0 Å². The minimum Gasteiger partial charge on any atom is -0.309 e. The fourth-order valence-corrected chi connectivity index (χ4v) is 3.48. The number of carbonyl (C=O) groups excluding carboxylic acids is 1. The molecule has 2 aliphatic carbocycles. The summed E-state index contributed by atoms with van der Waals surface area (Å²) in [6.45, 7) is 0.605. The Morgan fingerprint density at radius 1 is 1.27 bits per heavy atom. The summed E-state index contributed by atoms with van der Waals surface area (Å²) in [5.41, 5.74) is 0.946. The van der Waals surface area contributed by atoms with E-state index in [1.165, 1.54) is 0 Å². The molecule has 2 aliphatic rings. The lowest BCUT2D eigenvalue weighted by Gasteiger charge is -2.16. The van der Waals surface area contributed by atoms with Crippen molar-refractivity contribution in [2.24, 2.45) is 17.8 Å². The zero-order valence-electron chi connectivity index (χ0n) is 12.2. The first-order valence-electron chi connectivity index (χ1n) is 7.70. The topological polar surface area (TPSA) is 59.8 Å². The number of aromatic nitrogens is 3. The van der Waals surface area contributed by atoms with Gasteiger partial charge in [-0.1, -0.05) is 18.2 Å². The van der Waals surface area contributed by atoms with Gasteiger partial charge in [-0.05, 0) is 36.8 Å². The molecular formula is C17H18N4O. The normalized spacial score (nSPS) is 25.5. The van der Waals surface area contributed by atoms with Crippen LogP contribution in [-0.4, -0.2) is 20.7 Å². The quantitative estimate of drug-likeness (QED) is 0.881. The second-order valence-electron chi connectivity index (χ2n) is 6.10. The predicted molar refractivity (Wildman–Crippen MR) is 83.0 cm³/mol. The highest BCUT2D eigenvalue weighted by atomic mass is 16.2. The predicted octanol–water partition coefficient (Wildman–Crippen LogP) is 2.48. The minimum atomic E-state index is 0.0972. The van der Waals surface area contributed by atoms with Gasteiger partial charge in [-0.25, -0.2) is 0 Å². The highest BCUT2D eigenvalue weighted by Gasteiger charge is 2.39. The van der Waals surface area contributed by atoms with E-state index in [4.69, 9.17) is 0 Å². The smallest absolute Gasteiger partial charge is 0.229 e. The van der Waals surface area contributed by atoms with E-state index < -0.39 is 0 Å². The Balaban J connectivity index is 1.40. The maximum Gasteiger partial charge on any atom is 0.229 e. The molecule has 0 aromatic carbocycles. The van der Waals surface area contributed by atoms with E-state index in [1.807, 2.05) is 30.5 Å². The largest absolute Gasteiger partial charge is 0.309 e. The molecule has 1 N–H and O–H groups in total. The van der Waals surface area contributed by atoms with Crippen molar-refractivity contribution in [2.45, 2.75) is 19.4 Å². The van der Waals surface area contributed by atoms with Crippen molar-refractivity contribution in [3.05, 3.63) is 54.5 Å². The number of allylic oxidation sites excluding steroid dienone is 2. The van der Waals surface area contributed by atoms with Gasteiger partial charge in [0.25, 0.3) is 0 Å². The number of amides is 1. The number of carbonyl (C=O) groups is 1. The highest BCUT2D eigenvalue weighted by Crippen LogP contribution is 2.43. The van der Waals surface area contributed by atoms with Crippen LogP contribution in [0.2, 0.25) is 0 Å². The zero-order chi connectivity index (χ0) is 14.9. The van der Waals surface area contributed by atoms with Gasteiger partial charge in [0.15, 0.2) is 5.82 Å². The molecule has 1 amide bonds. The van der Waals surface area contributed by atoms with Gasteiger partial charge < -0.3 is 5.32 Å². The van der Waals surface area contributed by atoms with Crippen molar-refractivity contribution in [3.8, 4) is 0 Å². The molecule has 22 heavy (non-hydrogen) atoms. The summed E-state index contributed by atoms with van der Waals surface area (Å²) in [7, 11) is 0. The molecule has 2 aromatic heterocycles. The molecule has 3 atom stereocenters. The summed E-state index contributed by atoms with van der Waals surface area (Å²) in [5, 5.41) is 7.36. The Kier molecular flexibility index (Phi) is 3.25. The van der Waals surface area contributed by atoms with E-state index in [-0.39, 0.29) is 11.8 Å². The third-order valence-electron chi connectivity index (χ3n) is 4.56. The first-order valence-corrected chi connectivity index (χ1v) is 7.70. The van der Waals surface area contributed by atoms with Crippen LogP contribution in [0.15, 0.2) is 48.8 Å². The molecule has 0 spiro atoms. The van der Waals surface area contributed by atoms with Crippen molar-refractivity contribution in [2.75, 3.05) is 5.32 Å². The van der Waals surface area contributed by atoms with Gasteiger partial charge in [0.2, 0.25) is 5.91 Å². The van der Waals surface area contributed by atoms with Crippen LogP contribution in [0.25, 0.3) is 0 Å². The summed E-state index contributed by atoms with van der Waals surface area (Å²) in [6, 6.07) is 7.64. The third-order valence-corrected chi connectivity index (χ3v) is 4.56. The summed E-state index contributed by atoms with van der Waals surface area (Å²) in [6.07, 6.45) is 10.2. The first-order chi connectivity index (χ1) is 10.8. The number of hydrogen-bond acceptors (Lipinski definition) is 3. The Morgan fingerprint density at radius 2 is 2.23 bits per heavy atom. The average Bonchev–Trinajstić information content (AvgIpc) is 3.25. The van der Waals surface area contributed by atoms with Gasteiger partial charge in [-0.3, -0.25) is 14.5 Å². The fraction of sp³-hybridized carbons (Fsp3) is 0.353. The minimum absolute atomic E-state index is 0.0972. The molecule has 1 fully saturated rings. The van der Waals surface area contributed by atoms with E-state index in [9.17, 15) is 4.79 Å². The van der Waals surface area contributed by atoms with Crippen LogP contribution < -0.4 is 5.32 Å². The molecule has 5 heteroatoms. The van der Waals surface area contributed by atoms with Gasteiger partial charge in [-0.2, -0.15) is 5.10 Å². The molecule has 2 aromatic rings. The standard InChI is InChI=1S/C17H18N4O/c22-17(15-10-12-4-5-13(15)9-12)19-16-6-8-21(20-16)11-14-3-1-2-7-18-14/h1-8,12-13,15H,9-11H2,(H,19,20,22). The number of anilines is 1. The van der Waals surface area contributed by atoms with E-state index in [2.05, 4.69) is 27.6 Å². The number of hydrogen-bond donors (Lipinski definition) is 1. The molecule has 0 aliphatic heterocycles. The molecular weight excluding hydrogens is 276 g/mol. The van der Waals surface area contributed by atoms with Crippen LogP contribution >= 0.6 is 0 Å². The van der Waals surface area contributed by atoms with Gasteiger partial charge in [0.05, 0.1) is 12.2 Å². The van der Waals surface area contributed by atoms with Crippen molar-refractivity contribution in [1.29, 1.82) is 0 Å². The van der Waals surface area contributed by atoms with E-state index >= 15 is 0 Å². The summed E-state index contributed by atoms with van der Waals surface area (Å²) in [5.74, 6) is 1.84. The number of nitrogens with zero attached hydrogens (tertiary/aromatic N) is 3. The number of fused-ring (bicyclic) bond motifs is 2. The van der Waals surface area contributed by atoms with Gasteiger partial charge in [0, 0.05) is 24.4 Å². The Morgan fingerprint density at radius 3 is 2.95 bits per heavy atom. The van der Waals surface area contributed by atoms with E-state index in [0.29, 0.717) is 24.2 Å². The van der Waals surface area contributed by atoms with Crippen molar-refractivity contribution >= 4 is 11.7 Å². The lowest BCUT2D eigenvalue weighted by atomic mass is 9.93. The molecule has 2 bridgehead atoms. The SMILES string of the molecule is O=C(Nc1ccn(Cc2ccccn2)n1)C1CC2C=CC1C2. The van der Waals surface area contributed by atoms with E-state index in [0.717, 1.165) is 18.5 Å². The molecule has 1 saturated carbocycles. The molecule has 0 saturated heterocycles. The van der Waals surface area contributed by atoms with Gasteiger partial charge in [-0.15, -0.1) is 0 Å². The van der Waals surface area contributed by atoms with Crippen molar-refractivity contribution in [1.82, 2.24) is 14.8 Å². The zero-order valence-corrected chi connectivity index (χ0v) is 12.2. The molecule has 0 radical (unpaired) electrons. The molecule has 112 valence electrons. The second-order valence-corrected chi connectivity index (χ2v) is 6.10. The van der Waals surface area contributed by atoms with Crippen LogP contribution in [0.5, 0.6) is 0 Å². The molecule has 3 unspecified atom stereocenters. The summed E-state index contributed by atoms with van der Waals surface area (Å²) < 4.78 is 1.79. The van der Waals surface area contributed by atoms with Crippen LogP contribution in [0.4, 0.5) is 5.82 Å².